The van der Waals surface area contributed by atoms with Gasteiger partial charge in [-0.2, -0.15) is 0 Å². The number of benzene rings is 1. The lowest BCUT2D eigenvalue weighted by Gasteiger charge is -2.35. The van der Waals surface area contributed by atoms with E-state index in [0.29, 0.717) is 12.4 Å². The summed E-state index contributed by atoms with van der Waals surface area (Å²) in [4.78, 5) is 23.1. The number of nitrogens with one attached hydrogen (secondary N) is 2. The van der Waals surface area contributed by atoms with Crippen LogP contribution in [0.25, 0.3) is 0 Å². The van der Waals surface area contributed by atoms with Crippen molar-refractivity contribution in [2.24, 2.45) is 0 Å². The van der Waals surface area contributed by atoms with E-state index >= 15 is 0 Å². The van der Waals surface area contributed by atoms with Gasteiger partial charge in [-0.3, -0.25) is 4.79 Å². The molecule has 3 rings (SSSR count). The summed E-state index contributed by atoms with van der Waals surface area (Å²) in [5.41, 5.74) is 1.06. The Balaban J connectivity index is 1.59. The number of carbonyl (C=O) groups excluding carboxylic acids is 1. The molecule has 144 valence electrons. The molecule has 1 saturated heterocycles. The Bertz CT molecular complexity index is 740. The molecule has 7 nitrogen and oxygen atoms in total. The molecule has 1 aliphatic heterocycles. The highest BCUT2D eigenvalue weighted by Gasteiger charge is 2.23. The topological polar surface area (TPSA) is 90.4 Å². The van der Waals surface area contributed by atoms with E-state index in [-0.39, 0.29) is 18.6 Å². The van der Waals surface area contributed by atoms with Crippen molar-refractivity contribution >= 4 is 17.5 Å². The molecule has 1 amide bonds. The number of piperidine rings is 1. The Morgan fingerprint density at radius 3 is 2.89 bits per heavy atom. The van der Waals surface area contributed by atoms with Gasteiger partial charge in [0, 0.05) is 19.2 Å². The average molecular weight is 369 g/mol. The van der Waals surface area contributed by atoms with E-state index in [0.717, 1.165) is 37.2 Å². The highest BCUT2D eigenvalue weighted by atomic mass is 16.3. The number of carbonyl (C=O) groups is 1. The normalized spacial score (nSPS) is 18.0. The molecule has 1 aromatic heterocycles. The van der Waals surface area contributed by atoms with Gasteiger partial charge in [0.25, 0.3) is 0 Å². The zero-order valence-corrected chi connectivity index (χ0v) is 15.6. The third kappa shape index (κ3) is 5.17. The predicted molar refractivity (Wildman–Crippen MR) is 105 cm³/mol. The van der Waals surface area contributed by atoms with Crippen LogP contribution in [0, 0.1) is 0 Å². The zero-order valence-electron chi connectivity index (χ0n) is 15.6. The first-order chi connectivity index (χ1) is 13.2. The number of nitrogens with zero attached hydrogens (tertiary/aromatic N) is 3. The van der Waals surface area contributed by atoms with E-state index in [1.54, 1.807) is 6.92 Å². The van der Waals surface area contributed by atoms with Crippen molar-refractivity contribution in [3.05, 3.63) is 48.3 Å². The summed E-state index contributed by atoms with van der Waals surface area (Å²) in [7, 11) is 0. The molecule has 7 heteroatoms. The predicted octanol–water partition coefficient (Wildman–Crippen LogP) is 1.94. The van der Waals surface area contributed by atoms with E-state index in [1.807, 2.05) is 36.4 Å². The van der Waals surface area contributed by atoms with E-state index in [2.05, 4.69) is 25.5 Å². The van der Waals surface area contributed by atoms with Crippen molar-refractivity contribution in [2.75, 3.05) is 23.4 Å². The SMILES string of the molecule is CC(Nc1cc(N2CCCCC2CO)ncn1)C(=O)NCc1ccccc1. The molecule has 2 atom stereocenters. The van der Waals surface area contributed by atoms with Crippen LogP contribution < -0.4 is 15.5 Å². The maximum Gasteiger partial charge on any atom is 0.242 e. The minimum Gasteiger partial charge on any atom is -0.394 e. The highest BCUT2D eigenvalue weighted by molar-refractivity contribution is 5.83. The number of aliphatic hydroxyl groups is 1. The second kappa shape index (κ2) is 9.32. The molecule has 0 saturated carbocycles. The number of hydrogen-bond acceptors (Lipinski definition) is 6. The van der Waals surface area contributed by atoms with Crippen LogP contribution in [0.15, 0.2) is 42.7 Å². The molecular formula is C20H27N5O2. The van der Waals surface area contributed by atoms with Gasteiger partial charge in [0.1, 0.15) is 24.0 Å². The van der Waals surface area contributed by atoms with Crippen molar-refractivity contribution < 1.29 is 9.90 Å². The summed E-state index contributed by atoms with van der Waals surface area (Å²) in [5, 5.41) is 15.7. The van der Waals surface area contributed by atoms with Crippen LogP contribution in [0.3, 0.4) is 0 Å². The summed E-state index contributed by atoms with van der Waals surface area (Å²) in [6.45, 7) is 3.28. The monoisotopic (exact) mass is 369 g/mol. The van der Waals surface area contributed by atoms with Crippen LogP contribution in [0.4, 0.5) is 11.6 Å². The first-order valence-corrected chi connectivity index (χ1v) is 9.45. The molecule has 0 bridgehead atoms. The molecular weight excluding hydrogens is 342 g/mol. The Hall–Kier alpha value is -2.67. The van der Waals surface area contributed by atoms with Crippen molar-refractivity contribution in [2.45, 2.75) is 44.8 Å². The molecule has 1 aliphatic rings. The fourth-order valence-electron chi connectivity index (χ4n) is 3.30. The lowest BCUT2D eigenvalue weighted by atomic mass is 10.0. The first-order valence-electron chi connectivity index (χ1n) is 9.45. The van der Waals surface area contributed by atoms with Crippen LogP contribution in [-0.4, -0.2) is 46.2 Å². The van der Waals surface area contributed by atoms with Crippen LogP contribution >= 0.6 is 0 Å². The minimum atomic E-state index is -0.425. The highest BCUT2D eigenvalue weighted by Crippen LogP contribution is 2.24. The second-order valence-electron chi connectivity index (χ2n) is 6.86. The standard InChI is InChI=1S/C20H27N5O2/c1-15(20(27)21-12-16-7-3-2-4-8-16)24-18-11-19(23-14-22-18)25-10-6-5-9-17(25)13-26/h2-4,7-8,11,14-15,17,26H,5-6,9-10,12-13H2,1H3,(H,21,27)(H,22,23,24). The molecule has 3 N–H and O–H groups in total. The third-order valence-electron chi connectivity index (χ3n) is 4.85. The largest absolute Gasteiger partial charge is 0.394 e. The van der Waals surface area contributed by atoms with Gasteiger partial charge in [0.05, 0.1) is 12.6 Å². The Morgan fingerprint density at radius 2 is 2.11 bits per heavy atom. The van der Waals surface area contributed by atoms with E-state index < -0.39 is 6.04 Å². The molecule has 0 aliphatic carbocycles. The lowest BCUT2D eigenvalue weighted by Crippen LogP contribution is -2.42. The lowest BCUT2D eigenvalue weighted by molar-refractivity contribution is -0.121. The molecule has 27 heavy (non-hydrogen) atoms. The molecule has 1 fully saturated rings. The van der Waals surface area contributed by atoms with Gasteiger partial charge < -0.3 is 20.6 Å². The van der Waals surface area contributed by atoms with Gasteiger partial charge in [0.2, 0.25) is 5.91 Å². The van der Waals surface area contributed by atoms with Gasteiger partial charge in [-0.1, -0.05) is 30.3 Å². The van der Waals surface area contributed by atoms with E-state index in [4.69, 9.17) is 0 Å². The molecule has 0 spiro atoms. The Kier molecular flexibility index (Phi) is 6.59. The van der Waals surface area contributed by atoms with Crippen LogP contribution in [0.1, 0.15) is 31.7 Å². The second-order valence-corrected chi connectivity index (χ2v) is 6.86. The maximum absolute atomic E-state index is 12.3. The van der Waals surface area contributed by atoms with Crippen molar-refractivity contribution in [3.8, 4) is 0 Å². The van der Waals surface area contributed by atoms with Gasteiger partial charge in [-0.25, -0.2) is 9.97 Å². The summed E-state index contributed by atoms with van der Waals surface area (Å²) in [6, 6.07) is 11.3. The summed E-state index contributed by atoms with van der Waals surface area (Å²) < 4.78 is 0. The Labute approximate surface area is 159 Å². The number of aliphatic hydroxyl groups excluding tert-OH is 1. The summed E-state index contributed by atoms with van der Waals surface area (Å²) in [6.07, 6.45) is 4.66. The van der Waals surface area contributed by atoms with Crippen molar-refractivity contribution in [3.63, 3.8) is 0 Å². The van der Waals surface area contributed by atoms with Crippen molar-refractivity contribution in [1.29, 1.82) is 0 Å². The number of rotatable bonds is 7. The van der Waals surface area contributed by atoms with Crippen LogP contribution in [0.2, 0.25) is 0 Å². The van der Waals surface area contributed by atoms with Gasteiger partial charge >= 0.3 is 0 Å². The molecule has 1 aromatic carbocycles. The molecule has 2 heterocycles. The maximum atomic E-state index is 12.3. The van der Waals surface area contributed by atoms with Gasteiger partial charge in [0.15, 0.2) is 0 Å². The number of aromatic nitrogens is 2. The van der Waals surface area contributed by atoms with Gasteiger partial charge in [-0.15, -0.1) is 0 Å². The zero-order chi connectivity index (χ0) is 19.1. The van der Waals surface area contributed by atoms with Crippen molar-refractivity contribution in [1.82, 2.24) is 15.3 Å². The molecule has 2 unspecified atom stereocenters. The number of anilines is 2. The first kappa shape index (κ1) is 19.1. The van der Waals surface area contributed by atoms with Crippen LogP contribution in [-0.2, 0) is 11.3 Å². The fourth-order valence-corrected chi connectivity index (χ4v) is 3.30. The van der Waals surface area contributed by atoms with E-state index in [1.165, 1.54) is 6.33 Å². The summed E-state index contributed by atoms with van der Waals surface area (Å²) >= 11 is 0. The third-order valence-corrected chi connectivity index (χ3v) is 4.85. The summed E-state index contributed by atoms with van der Waals surface area (Å²) in [5.74, 6) is 1.29. The minimum absolute atomic E-state index is 0.0908. The van der Waals surface area contributed by atoms with Gasteiger partial charge in [-0.05, 0) is 31.7 Å². The Morgan fingerprint density at radius 1 is 1.30 bits per heavy atom. The molecule has 2 aromatic rings. The smallest absolute Gasteiger partial charge is 0.242 e. The number of amides is 1. The molecule has 0 radical (unpaired) electrons. The fraction of sp³-hybridized carbons (Fsp3) is 0.450. The average Bonchev–Trinajstić information content (AvgIpc) is 2.72. The quantitative estimate of drug-likeness (QED) is 0.691. The van der Waals surface area contributed by atoms with E-state index in [9.17, 15) is 9.90 Å². The van der Waals surface area contributed by atoms with Crippen LogP contribution in [0.5, 0.6) is 0 Å². The number of hydrogen-bond donors (Lipinski definition) is 3.